The molecule has 0 unspecified atom stereocenters. The summed E-state index contributed by atoms with van der Waals surface area (Å²) in [6.07, 6.45) is 6.02. The monoisotopic (exact) mass is 267 g/mol. The van der Waals surface area contributed by atoms with Crippen molar-refractivity contribution in [3.8, 4) is 5.75 Å². The van der Waals surface area contributed by atoms with E-state index in [1.54, 1.807) is 6.07 Å². The molecule has 3 heteroatoms. The lowest BCUT2D eigenvalue weighted by Crippen LogP contribution is -2.38. The molecule has 1 fully saturated rings. The molecule has 100 valence electrons. The fourth-order valence-electron chi connectivity index (χ4n) is 3.54. The fraction of sp³-hybridized carbons (Fsp3) is 0.600. The Morgan fingerprint density at radius 2 is 1.89 bits per heavy atom. The predicted molar refractivity (Wildman–Crippen MR) is 76.4 cm³/mol. The summed E-state index contributed by atoms with van der Waals surface area (Å²) in [5.41, 5.74) is 9.53. The standard InChI is InChI=1S/C15H22ClNO/c1-10-8-12(18)14(16)11(2)13(10)15(9-17)6-4-3-5-7-15/h8,18H,3-7,9,17H2,1-2H3. The van der Waals surface area contributed by atoms with Crippen LogP contribution in [0.25, 0.3) is 0 Å². The maximum absolute atomic E-state index is 9.80. The summed E-state index contributed by atoms with van der Waals surface area (Å²) in [5.74, 6) is 0.179. The van der Waals surface area contributed by atoms with Gasteiger partial charge in [-0.2, -0.15) is 0 Å². The molecule has 2 nitrogen and oxygen atoms in total. The van der Waals surface area contributed by atoms with E-state index in [9.17, 15) is 5.11 Å². The van der Waals surface area contributed by atoms with Crippen molar-refractivity contribution < 1.29 is 5.11 Å². The van der Waals surface area contributed by atoms with E-state index < -0.39 is 0 Å². The van der Waals surface area contributed by atoms with Gasteiger partial charge in [0, 0.05) is 12.0 Å². The van der Waals surface area contributed by atoms with Gasteiger partial charge in [0.1, 0.15) is 5.75 Å². The molecule has 0 bridgehead atoms. The summed E-state index contributed by atoms with van der Waals surface area (Å²) in [4.78, 5) is 0. The molecule has 0 heterocycles. The highest BCUT2D eigenvalue weighted by Crippen LogP contribution is 2.44. The number of aromatic hydroxyl groups is 1. The minimum absolute atomic E-state index is 0.0593. The Hall–Kier alpha value is -0.730. The first-order valence-electron chi connectivity index (χ1n) is 6.71. The summed E-state index contributed by atoms with van der Waals surface area (Å²) < 4.78 is 0. The van der Waals surface area contributed by atoms with Crippen molar-refractivity contribution in [2.45, 2.75) is 51.4 Å². The topological polar surface area (TPSA) is 46.2 Å². The Balaban J connectivity index is 2.58. The summed E-state index contributed by atoms with van der Waals surface area (Å²) in [7, 11) is 0. The van der Waals surface area contributed by atoms with Crippen LogP contribution in [0.3, 0.4) is 0 Å². The van der Waals surface area contributed by atoms with Gasteiger partial charge in [-0.3, -0.25) is 0 Å². The highest BCUT2D eigenvalue weighted by Gasteiger charge is 2.35. The average Bonchev–Trinajstić information content (AvgIpc) is 2.37. The third-order valence-corrected chi connectivity index (χ3v) is 4.89. The lowest BCUT2D eigenvalue weighted by atomic mass is 9.67. The van der Waals surface area contributed by atoms with Crippen LogP contribution < -0.4 is 5.73 Å². The van der Waals surface area contributed by atoms with Crippen molar-refractivity contribution in [1.29, 1.82) is 0 Å². The van der Waals surface area contributed by atoms with Gasteiger partial charge in [0.2, 0.25) is 0 Å². The largest absolute Gasteiger partial charge is 0.506 e. The van der Waals surface area contributed by atoms with Crippen molar-refractivity contribution >= 4 is 11.6 Å². The van der Waals surface area contributed by atoms with Gasteiger partial charge < -0.3 is 10.8 Å². The van der Waals surface area contributed by atoms with Crippen LogP contribution in [0.2, 0.25) is 5.02 Å². The van der Waals surface area contributed by atoms with E-state index in [0.717, 1.165) is 24.0 Å². The number of rotatable bonds is 2. The van der Waals surface area contributed by atoms with E-state index >= 15 is 0 Å². The zero-order valence-electron chi connectivity index (χ0n) is 11.2. The molecule has 1 aromatic rings. The third kappa shape index (κ3) is 2.12. The molecule has 0 aliphatic heterocycles. The van der Waals surface area contributed by atoms with Crippen LogP contribution in [0.5, 0.6) is 5.75 Å². The van der Waals surface area contributed by atoms with Crippen LogP contribution in [0.1, 0.15) is 48.8 Å². The Labute approximate surface area is 114 Å². The molecule has 3 N–H and O–H groups in total. The van der Waals surface area contributed by atoms with Crippen LogP contribution in [-0.2, 0) is 5.41 Å². The molecule has 0 atom stereocenters. The van der Waals surface area contributed by atoms with Crippen LogP contribution >= 0.6 is 11.6 Å². The van der Waals surface area contributed by atoms with Gasteiger partial charge in [-0.1, -0.05) is 30.9 Å². The van der Waals surface area contributed by atoms with Crippen LogP contribution in [0, 0.1) is 13.8 Å². The highest BCUT2D eigenvalue weighted by molar-refractivity contribution is 6.32. The minimum atomic E-state index is 0.0593. The molecular formula is C15H22ClNO. The van der Waals surface area contributed by atoms with E-state index in [0.29, 0.717) is 11.6 Å². The first-order chi connectivity index (χ1) is 8.52. The normalized spacial score (nSPS) is 18.9. The molecule has 0 aromatic heterocycles. The zero-order valence-corrected chi connectivity index (χ0v) is 12.0. The number of phenolic OH excluding ortho intramolecular Hbond substituents is 1. The predicted octanol–water partition coefficient (Wildman–Crippen LogP) is 3.82. The summed E-state index contributed by atoms with van der Waals surface area (Å²) >= 11 is 6.20. The second kappa shape index (κ2) is 5.10. The van der Waals surface area contributed by atoms with E-state index in [4.69, 9.17) is 17.3 Å². The van der Waals surface area contributed by atoms with Crippen molar-refractivity contribution in [2.24, 2.45) is 5.73 Å². The second-order valence-electron chi connectivity index (χ2n) is 5.57. The molecule has 1 aliphatic carbocycles. The summed E-state index contributed by atoms with van der Waals surface area (Å²) in [6.45, 7) is 4.70. The molecule has 1 aliphatic rings. The number of phenols is 1. The molecule has 18 heavy (non-hydrogen) atoms. The van der Waals surface area contributed by atoms with Crippen molar-refractivity contribution in [1.82, 2.24) is 0 Å². The Bertz CT molecular complexity index is 450. The quantitative estimate of drug-likeness (QED) is 0.856. The third-order valence-electron chi connectivity index (χ3n) is 4.41. The fourth-order valence-corrected chi connectivity index (χ4v) is 3.69. The summed E-state index contributed by atoms with van der Waals surface area (Å²) in [6, 6.07) is 1.77. The molecular weight excluding hydrogens is 246 g/mol. The van der Waals surface area contributed by atoms with Gasteiger partial charge >= 0.3 is 0 Å². The Morgan fingerprint density at radius 1 is 1.28 bits per heavy atom. The SMILES string of the molecule is Cc1cc(O)c(Cl)c(C)c1C1(CN)CCCCC1. The Kier molecular flexibility index (Phi) is 3.88. The van der Waals surface area contributed by atoms with Crippen LogP contribution in [-0.4, -0.2) is 11.7 Å². The number of nitrogens with two attached hydrogens (primary N) is 1. The molecule has 2 rings (SSSR count). The maximum Gasteiger partial charge on any atom is 0.134 e. The zero-order chi connectivity index (χ0) is 13.3. The molecule has 0 spiro atoms. The van der Waals surface area contributed by atoms with Crippen molar-refractivity contribution in [3.05, 3.63) is 27.8 Å². The van der Waals surface area contributed by atoms with Gasteiger partial charge in [-0.15, -0.1) is 0 Å². The summed E-state index contributed by atoms with van der Waals surface area (Å²) in [5, 5.41) is 10.3. The van der Waals surface area contributed by atoms with E-state index in [1.165, 1.54) is 24.8 Å². The minimum Gasteiger partial charge on any atom is -0.506 e. The molecule has 1 saturated carbocycles. The first kappa shape index (κ1) is 13.7. The Morgan fingerprint density at radius 3 is 2.44 bits per heavy atom. The van der Waals surface area contributed by atoms with Crippen LogP contribution in [0.15, 0.2) is 6.07 Å². The molecule has 0 amide bonds. The number of benzene rings is 1. The highest BCUT2D eigenvalue weighted by atomic mass is 35.5. The first-order valence-corrected chi connectivity index (χ1v) is 7.09. The second-order valence-corrected chi connectivity index (χ2v) is 5.95. The number of halogens is 1. The van der Waals surface area contributed by atoms with Crippen molar-refractivity contribution in [2.75, 3.05) is 6.54 Å². The number of hydrogen-bond donors (Lipinski definition) is 2. The number of aryl methyl sites for hydroxylation is 1. The van der Waals surface area contributed by atoms with Gasteiger partial charge in [0.25, 0.3) is 0 Å². The van der Waals surface area contributed by atoms with E-state index in [1.807, 2.05) is 13.8 Å². The average molecular weight is 268 g/mol. The molecule has 0 saturated heterocycles. The number of hydrogen-bond acceptors (Lipinski definition) is 2. The maximum atomic E-state index is 9.80. The lowest BCUT2D eigenvalue weighted by Gasteiger charge is -2.39. The van der Waals surface area contributed by atoms with Gasteiger partial charge in [-0.25, -0.2) is 0 Å². The van der Waals surface area contributed by atoms with Crippen LogP contribution in [0.4, 0.5) is 0 Å². The molecule has 1 aromatic carbocycles. The smallest absolute Gasteiger partial charge is 0.134 e. The van der Waals surface area contributed by atoms with Gasteiger partial charge in [0.05, 0.1) is 5.02 Å². The lowest BCUT2D eigenvalue weighted by molar-refractivity contribution is 0.298. The van der Waals surface area contributed by atoms with Gasteiger partial charge in [-0.05, 0) is 49.4 Å². The molecule has 0 radical (unpaired) electrons. The van der Waals surface area contributed by atoms with Crippen molar-refractivity contribution in [3.63, 3.8) is 0 Å². The van der Waals surface area contributed by atoms with Gasteiger partial charge in [0.15, 0.2) is 0 Å². The van der Waals surface area contributed by atoms with E-state index in [2.05, 4.69) is 0 Å². The van der Waals surface area contributed by atoms with E-state index in [-0.39, 0.29) is 11.2 Å².